The van der Waals surface area contributed by atoms with Crippen LogP contribution in [0.25, 0.3) is 22.5 Å². The Bertz CT molecular complexity index is 1260. The highest BCUT2D eigenvalue weighted by Crippen LogP contribution is 2.26. The number of hydrogen-bond acceptors (Lipinski definition) is 5. The minimum Gasteiger partial charge on any atom is -0.508 e. The zero-order valence-electron chi connectivity index (χ0n) is 16.2. The highest BCUT2D eigenvalue weighted by atomic mass is 16.3. The van der Waals surface area contributed by atoms with Gasteiger partial charge in [0.25, 0.3) is 5.91 Å². The molecular weight excluding hydrogens is 382 g/mol. The number of rotatable bonds is 5. The molecular formula is C23H19N3O4. The third kappa shape index (κ3) is 4.15. The Morgan fingerprint density at radius 3 is 2.73 bits per heavy atom. The zero-order chi connectivity index (χ0) is 21.1. The molecule has 4 rings (SSSR count). The predicted molar refractivity (Wildman–Crippen MR) is 112 cm³/mol. The van der Waals surface area contributed by atoms with Gasteiger partial charge in [0, 0.05) is 11.1 Å². The van der Waals surface area contributed by atoms with E-state index in [2.05, 4.69) is 15.3 Å². The van der Waals surface area contributed by atoms with Crippen LogP contribution in [0.5, 0.6) is 5.75 Å². The van der Waals surface area contributed by atoms with Crippen molar-refractivity contribution in [3.63, 3.8) is 0 Å². The molecule has 1 amide bonds. The van der Waals surface area contributed by atoms with Gasteiger partial charge in [-0.15, -0.1) is 0 Å². The Labute approximate surface area is 172 Å². The molecule has 0 fully saturated rings. The van der Waals surface area contributed by atoms with Crippen molar-refractivity contribution in [1.29, 1.82) is 0 Å². The maximum absolute atomic E-state index is 12.5. The van der Waals surface area contributed by atoms with Crippen molar-refractivity contribution in [2.45, 2.75) is 13.5 Å². The van der Waals surface area contributed by atoms with Crippen LogP contribution in [-0.4, -0.2) is 21.0 Å². The summed E-state index contributed by atoms with van der Waals surface area (Å²) in [5.74, 6) is 0.584. The SMILES string of the molecule is Cc1cc(-c2cc(-c3cccc(C(=O)NCc4ccco4)c3)nc(=O)[nH]2)ccc1O. The van der Waals surface area contributed by atoms with Crippen LogP contribution in [0.3, 0.4) is 0 Å². The minimum atomic E-state index is -0.499. The van der Waals surface area contributed by atoms with Crippen molar-refractivity contribution in [3.05, 3.63) is 94.3 Å². The second-order valence-electron chi connectivity index (χ2n) is 6.83. The number of aromatic amines is 1. The molecule has 0 unspecified atom stereocenters. The van der Waals surface area contributed by atoms with Crippen LogP contribution in [0.4, 0.5) is 0 Å². The molecule has 0 saturated carbocycles. The molecule has 0 aliphatic heterocycles. The Morgan fingerprint density at radius 1 is 1.10 bits per heavy atom. The van der Waals surface area contributed by atoms with Crippen LogP contribution in [0.2, 0.25) is 0 Å². The van der Waals surface area contributed by atoms with Gasteiger partial charge in [0.15, 0.2) is 0 Å². The molecule has 0 atom stereocenters. The minimum absolute atomic E-state index is 0.184. The summed E-state index contributed by atoms with van der Waals surface area (Å²) in [6, 6.07) is 17.3. The van der Waals surface area contributed by atoms with Gasteiger partial charge in [-0.1, -0.05) is 12.1 Å². The third-order valence-electron chi connectivity index (χ3n) is 4.68. The smallest absolute Gasteiger partial charge is 0.345 e. The van der Waals surface area contributed by atoms with E-state index in [1.54, 1.807) is 73.9 Å². The number of carbonyl (C=O) groups is 1. The van der Waals surface area contributed by atoms with Gasteiger partial charge in [-0.2, -0.15) is 4.98 Å². The number of carbonyl (C=O) groups excluding carboxylic acids is 1. The van der Waals surface area contributed by atoms with Gasteiger partial charge in [0.05, 0.1) is 24.2 Å². The van der Waals surface area contributed by atoms with Crippen molar-refractivity contribution in [3.8, 4) is 28.3 Å². The normalized spacial score (nSPS) is 10.7. The maximum Gasteiger partial charge on any atom is 0.345 e. The number of nitrogens with one attached hydrogen (secondary N) is 2. The number of aromatic nitrogens is 2. The van der Waals surface area contributed by atoms with E-state index < -0.39 is 5.69 Å². The highest BCUT2D eigenvalue weighted by Gasteiger charge is 2.11. The molecule has 0 aliphatic rings. The summed E-state index contributed by atoms with van der Waals surface area (Å²) in [5, 5.41) is 12.5. The van der Waals surface area contributed by atoms with Crippen LogP contribution in [0, 0.1) is 6.92 Å². The van der Waals surface area contributed by atoms with Crippen LogP contribution >= 0.6 is 0 Å². The summed E-state index contributed by atoms with van der Waals surface area (Å²) in [6.45, 7) is 2.06. The van der Waals surface area contributed by atoms with E-state index in [4.69, 9.17) is 4.42 Å². The molecule has 0 bridgehead atoms. The quantitative estimate of drug-likeness (QED) is 0.473. The second kappa shape index (κ2) is 8.08. The largest absolute Gasteiger partial charge is 0.508 e. The molecule has 150 valence electrons. The molecule has 0 saturated heterocycles. The number of H-pyrrole nitrogens is 1. The predicted octanol–water partition coefficient (Wildman–Crippen LogP) is 3.64. The average Bonchev–Trinajstić information content (AvgIpc) is 3.27. The van der Waals surface area contributed by atoms with Gasteiger partial charge in [0.1, 0.15) is 11.5 Å². The maximum atomic E-state index is 12.5. The summed E-state index contributed by atoms with van der Waals surface area (Å²) in [6.07, 6.45) is 1.55. The first kappa shape index (κ1) is 19.2. The van der Waals surface area contributed by atoms with E-state index in [0.29, 0.717) is 33.8 Å². The van der Waals surface area contributed by atoms with Crippen LogP contribution in [0.1, 0.15) is 21.7 Å². The molecule has 2 aromatic heterocycles. The van der Waals surface area contributed by atoms with Crippen molar-refractivity contribution in [1.82, 2.24) is 15.3 Å². The van der Waals surface area contributed by atoms with E-state index in [-0.39, 0.29) is 18.2 Å². The van der Waals surface area contributed by atoms with E-state index in [1.807, 2.05) is 0 Å². The number of nitrogens with zero attached hydrogens (tertiary/aromatic N) is 1. The lowest BCUT2D eigenvalue weighted by Gasteiger charge is -2.08. The monoisotopic (exact) mass is 401 g/mol. The lowest BCUT2D eigenvalue weighted by atomic mass is 10.0. The molecule has 0 spiro atoms. The number of amides is 1. The van der Waals surface area contributed by atoms with Gasteiger partial charge in [0.2, 0.25) is 0 Å². The van der Waals surface area contributed by atoms with Gasteiger partial charge < -0.3 is 19.8 Å². The zero-order valence-corrected chi connectivity index (χ0v) is 16.2. The van der Waals surface area contributed by atoms with E-state index in [9.17, 15) is 14.7 Å². The van der Waals surface area contributed by atoms with Crippen LogP contribution in [-0.2, 0) is 6.54 Å². The molecule has 0 aliphatic carbocycles. The number of phenolic OH excluding ortho intramolecular Hbond substituents is 1. The number of aryl methyl sites for hydroxylation is 1. The number of phenols is 1. The van der Waals surface area contributed by atoms with E-state index in [0.717, 1.165) is 5.56 Å². The summed E-state index contributed by atoms with van der Waals surface area (Å²) in [4.78, 5) is 31.4. The van der Waals surface area contributed by atoms with Gasteiger partial charge >= 0.3 is 5.69 Å². The summed E-state index contributed by atoms with van der Waals surface area (Å²) < 4.78 is 5.22. The standard InChI is InChI=1S/C23H19N3O4/c1-14-10-16(7-8-21(14)27)20-12-19(25-23(29)26-20)15-4-2-5-17(11-15)22(28)24-13-18-6-3-9-30-18/h2-12,27H,13H2,1H3,(H,24,28)(H,25,26,29). The fraction of sp³-hybridized carbons (Fsp3) is 0.0870. The van der Waals surface area contributed by atoms with Gasteiger partial charge in [-0.05, 0) is 66.6 Å². The second-order valence-corrected chi connectivity index (χ2v) is 6.83. The van der Waals surface area contributed by atoms with Crippen LogP contribution < -0.4 is 11.0 Å². The van der Waals surface area contributed by atoms with Crippen molar-refractivity contribution in [2.24, 2.45) is 0 Å². The van der Waals surface area contributed by atoms with Gasteiger partial charge in [-0.3, -0.25) is 4.79 Å². The molecule has 2 heterocycles. The number of hydrogen-bond donors (Lipinski definition) is 3. The Balaban J connectivity index is 1.63. The molecule has 7 heteroatoms. The summed E-state index contributed by atoms with van der Waals surface area (Å²) >= 11 is 0. The fourth-order valence-electron chi connectivity index (χ4n) is 3.09. The number of aromatic hydroxyl groups is 1. The molecule has 30 heavy (non-hydrogen) atoms. The lowest BCUT2D eigenvalue weighted by molar-refractivity contribution is 0.0948. The van der Waals surface area contributed by atoms with E-state index >= 15 is 0 Å². The van der Waals surface area contributed by atoms with Crippen molar-refractivity contribution >= 4 is 5.91 Å². The van der Waals surface area contributed by atoms with Gasteiger partial charge in [-0.25, -0.2) is 4.79 Å². The fourth-order valence-corrected chi connectivity index (χ4v) is 3.09. The molecule has 4 aromatic rings. The first-order chi connectivity index (χ1) is 14.5. The molecule has 2 aromatic carbocycles. The Morgan fingerprint density at radius 2 is 1.97 bits per heavy atom. The molecule has 0 radical (unpaired) electrons. The third-order valence-corrected chi connectivity index (χ3v) is 4.68. The van der Waals surface area contributed by atoms with Crippen molar-refractivity contribution in [2.75, 3.05) is 0 Å². The number of benzene rings is 2. The van der Waals surface area contributed by atoms with E-state index in [1.165, 1.54) is 0 Å². The number of furan rings is 1. The van der Waals surface area contributed by atoms with Crippen LogP contribution in [0.15, 0.2) is 76.1 Å². The Kier molecular flexibility index (Phi) is 5.17. The lowest BCUT2D eigenvalue weighted by Crippen LogP contribution is -2.22. The average molecular weight is 401 g/mol. The highest BCUT2D eigenvalue weighted by molar-refractivity contribution is 5.95. The summed E-state index contributed by atoms with van der Waals surface area (Å²) in [5.41, 5.74) is 3.05. The first-order valence-electron chi connectivity index (χ1n) is 9.32. The molecule has 3 N–H and O–H groups in total. The first-order valence-corrected chi connectivity index (χ1v) is 9.32. The van der Waals surface area contributed by atoms with Crippen molar-refractivity contribution < 1.29 is 14.3 Å². The topological polar surface area (TPSA) is 108 Å². The summed E-state index contributed by atoms with van der Waals surface area (Å²) in [7, 11) is 0. The molecule has 7 nitrogen and oxygen atoms in total. The Hall–Kier alpha value is -4.13.